The monoisotopic (exact) mass is 359 g/mol. The molecule has 4 atom stereocenters. The van der Waals surface area contributed by atoms with Crippen molar-refractivity contribution in [1.29, 1.82) is 0 Å². The molecule has 2 heterocycles. The van der Waals surface area contributed by atoms with Crippen LogP contribution in [0.5, 0.6) is 0 Å². The summed E-state index contributed by atoms with van der Waals surface area (Å²) in [5.41, 5.74) is -0.406. The Morgan fingerprint density at radius 2 is 1.85 bits per heavy atom. The maximum Gasteiger partial charge on any atom is 0.351 e. The number of Topliss-reactive ketones (excluding diaryl/α,β-unsaturated/α-hetero) is 1. The lowest BCUT2D eigenvalue weighted by Crippen LogP contribution is -2.36. The molecule has 3 rings (SSSR count). The van der Waals surface area contributed by atoms with Crippen molar-refractivity contribution in [3.63, 3.8) is 0 Å². The number of ketones is 1. The van der Waals surface area contributed by atoms with Crippen LogP contribution in [0, 0.1) is 0 Å². The van der Waals surface area contributed by atoms with E-state index in [0.29, 0.717) is 5.56 Å². The van der Waals surface area contributed by atoms with E-state index in [4.69, 9.17) is 4.74 Å². The van der Waals surface area contributed by atoms with Crippen LogP contribution in [0.15, 0.2) is 47.4 Å². The van der Waals surface area contributed by atoms with E-state index in [1.807, 2.05) is 0 Å². The third-order valence-corrected chi connectivity index (χ3v) is 4.02. The standard InChI is InChI=1S/C17H17N3O6/c1-9(21)14-12(22)13(23)16(26-14)20-8-7-11(19-17(20)25)18-15(24)10-5-3-2-4-6-10/h2-8,12-14,16,22-23H,1H3,(H,18,19,24,25)/t12-,13+,14+,16+/m0/s1. The first-order chi connectivity index (χ1) is 12.4. The molecule has 26 heavy (non-hydrogen) atoms. The van der Waals surface area contributed by atoms with Gasteiger partial charge in [0.25, 0.3) is 5.91 Å². The molecule has 3 N–H and O–H groups in total. The maximum atomic E-state index is 12.2. The largest absolute Gasteiger partial charge is 0.387 e. The molecule has 9 nitrogen and oxygen atoms in total. The van der Waals surface area contributed by atoms with Crippen LogP contribution in [0.2, 0.25) is 0 Å². The first-order valence-electron chi connectivity index (χ1n) is 7.86. The number of hydrogen-bond acceptors (Lipinski definition) is 7. The molecule has 1 aliphatic rings. The van der Waals surface area contributed by atoms with E-state index >= 15 is 0 Å². The molecule has 9 heteroatoms. The van der Waals surface area contributed by atoms with Gasteiger partial charge in [0.15, 0.2) is 12.0 Å². The van der Waals surface area contributed by atoms with Gasteiger partial charge in [0, 0.05) is 11.8 Å². The van der Waals surface area contributed by atoms with Crippen molar-refractivity contribution in [2.45, 2.75) is 31.5 Å². The van der Waals surface area contributed by atoms with Crippen LogP contribution in [0.25, 0.3) is 0 Å². The average molecular weight is 359 g/mol. The van der Waals surface area contributed by atoms with E-state index in [1.165, 1.54) is 19.2 Å². The quantitative estimate of drug-likeness (QED) is 0.683. The number of ether oxygens (including phenoxy) is 1. The Morgan fingerprint density at radius 3 is 2.42 bits per heavy atom. The average Bonchev–Trinajstić information content (AvgIpc) is 2.91. The van der Waals surface area contributed by atoms with Gasteiger partial charge in [-0.1, -0.05) is 18.2 Å². The van der Waals surface area contributed by atoms with Gasteiger partial charge in [-0.25, -0.2) is 4.79 Å². The number of rotatable bonds is 4. The van der Waals surface area contributed by atoms with Crippen molar-refractivity contribution in [3.8, 4) is 0 Å². The number of aliphatic hydroxyl groups is 2. The van der Waals surface area contributed by atoms with E-state index in [1.54, 1.807) is 30.3 Å². The molecular weight excluding hydrogens is 342 g/mol. The van der Waals surface area contributed by atoms with Gasteiger partial charge in [-0.2, -0.15) is 4.98 Å². The maximum absolute atomic E-state index is 12.2. The van der Waals surface area contributed by atoms with Crippen molar-refractivity contribution in [1.82, 2.24) is 9.55 Å². The van der Waals surface area contributed by atoms with E-state index in [2.05, 4.69) is 10.3 Å². The second-order valence-electron chi connectivity index (χ2n) is 5.86. The fourth-order valence-corrected chi connectivity index (χ4v) is 2.68. The van der Waals surface area contributed by atoms with Crippen molar-refractivity contribution in [3.05, 3.63) is 58.6 Å². The molecule has 2 aromatic rings. The minimum atomic E-state index is -1.46. The Bertz CT molecular complexity index is 882. The number of carbonyl (C=O) groups excluding carboxylic acids is 2. The first-order valence-corrected chi connectivity index (χ1v) is 7.86. The van der Waals surface area contributed by atoms with E-state index in [-0.39, 0.29) is 5.82 Å². The van der Waals surface area contributed by atoms with E-state index < -0.39 is 41.9 Å². The fraction of sp³-hybridized carbons (Fsp3) is 0.294. The third-order valence-electron chi connectivity index (χ3n) is 4.02. The highest BCUT2D eigenvalue weighted by molar-refractivity contribution is 6.03. The van der Waals surface area contributed by atoms with Crippen molar-refractivity contribution >= 4 is 17.5 Å². The number of hydrogen-bond donors (Lipinski definition) is 3. The summed E-state index contributed by atoms with van der Waals surface area (Å²) in [6.07, 6.45) is -4.12. The number of amides is 1. The number of nitrogens with one attached hydrogen (secondary N) is 1. The van der Waals surface area contributed by atoms with Crippen LogP contribution < -0.4 is 11.0 Å². The summed E-state index contributed by atoms with van der Waals surface area (Å²) < 4.78 is 6.24. The minimum Gasteiger partial charge on any atom is -0.387 e. The molecule has 136 valence electrons. The van der Waals surface area contributed by atoms with Crippen LogP contribution >= 0.6 is 0 Å². The molecule has 1 amide bonds. The van der Waals surface area contributed by atoms with Crippen molar-refractivity contribution < 1.29 is 24.5 Å². The molecule has 0 radical (unpaired) electrons. The third kappa shape index (κ3) is 3.40. The van der Waals surface area contributed by atoms with Crippen molar-refractivity contribution in [2.24, 2.45) is 0 Å². The van der Waals surface area contributed by atoms with Crippen LogP contribution in [0.3, 0.4) is 0 Å². The smallest absolute Gasteiger partial charge is 0.351 e. The summed E-state index contributed by atoms with van der Waals surface area (Å²) in [5, 5.41) is 22.4. The molecule has 0 aliphatic carbocycles. The van der Waals surface area contributed by atoms with Crippen LogP contribution in [0.1, 0.15) is 23.5 Å². The van der Waals surface area contributed by atoms with Crippen LogP contribution in [0.4, 0.5) is 5.82 Å². The zero-order chi connectivity index (χ0) is 18.8. The zero-order valence-corrected chi connectivity index (χ0v) is 13.8. The van der Waals surface area contributed by atoms with Gasteiger partial charge < -0.3 is 20.3 Å². The zero-order valence-electron chi connectivity index (χ0n) is 13.8. The number of anilines is 1. The molecule has 1 saturated heterocycles. The molecule has 1 aromatic carbocycles. The molecule has 0 spiro atoms. The Hall–Kier alpha value is -2.88. The number of benzene rings is 1. The summed E-state index contributed by atoms with van der Waals surface area (Å²) >= 11 is 0. The Balaban J connectivity index is 1.79. The number of aliphatic hydroxyl groups excluding tert-OH is 2. The normalized spacial score (nSPS) is 25.0. The summed E-state index contributed by atoms with van der Waals surface area (Å²) in [5.74, 6) is -0.873. The fourth-order valence-electron chi connectivity index (χ4n) is 2.68. The Morgan fingerprint density at radius 1 is 1.15 bits per heavy atom. The highest BCUT2D eigenvalue weighted by Gasteiger charge is 2.46. The molecule has 1 fully saturated rings. The lowest BCUT2D eigenvalue weighted by Gasteiger charge is -2.17. The molecule has 1 aliphatic heterocycles. The first kappa shape index (κ1) is 17.9. The van der Waals surface area contributed by atoms with Gasteiger partial charge in [-0.3, -0.25) is 14.2 Å². The SMILES string of the molecule is CC(=O)[C@H]1O[C@@H](n2ccc(NC(=O)c3ccccc3)nc2=O)[C@H](O)[C@@H]1O. The number of carbonyl (C=O) groups is 2. The topological polar surface area (TPSA) is 131 Å². The second kappa shape index (κ2) is 7.16. The predicted octanol–water partition coefficient (Wildman–Crippen LogP) is -0.296. The number of aromatic nitrogens is 2. The summed E-state index contributed by atoms with van der Waals surface area (Å²) in [6, 6.07) is 9.76. The molecule has 1 aromatic heterocycles. The van der Waals surface area contributed by atoms with E-state index in [9.17, 15) is 24.6 Å². The summed E-state index contributed by atoms with van der Waals surface area (Å²) in [4.78, 5) is 39.5. The highest BCUT2D eigenvalue weighted by atomic mass is 16.6. The van der Waals surface area contributed by atoms with Gasteiger partial charge >= 0.3 is 5.69 Å². The number of nitrogens with zero attached hydrogens (tertiary/aromatic N) is 2. The Kier molecular flexibility index (Phi) is 4.94. The lowest BCUT2D eigenvalue weighted by atomic mass is 10.1. The highest BCUT2D eigenvalue weighted by Crippen LogP contribution is 2.28. The molecular formula is C17H17N3O6. The van der Waals surface area contributed by atoms with Crippen LogP contribution in [-0.4, -0.2) is 49.8 Å². The van der Waals surface area contributed by atoms with Gasteiger partial charge in [0.1, 0.15) is 24.1 Å². The summed E-state index contributed by atoms with van der Waals surface area (Å²) in [6.45, 7) is 1.21. The van der Waals surface area contributed by atoms with Gasteiger partial charge in [-0.05, 0) is 25.1 Å². The molecule has 0 bridgehead atoms. The van der Waals surface area contributed by atoms with Crippen molar-refractivity contribution in [2.75, 3.05) is 5.32 Å². The van der Waals surface area contributed by atoms with Gasteiger partial charge in [0.2, 0.25) is 0 Å². The van der Waals surface area contributed by atoms with Crippen LogP contribution in [-0.2, 0) is 9.53 Å². The minimum absolute atomic E-state index is 0.0243. The van der Waals surface area contributed by atoms with Gasteiger partial charge in [0.05, 0.1) is 0 Å². The second-order valence-corrected chi connectivity index (χ2v) is 5.86. The summed E-state index contributed by atoms with van der Waals surface area (Å²) in [7, 11) is 0. The lowest BCUT2D eigenvalue weighted by molar-refractivity contribution is -0.133. The molecule has 0 unspecified atom stereocenters. The predicted molar refractivity (Wildman–Crippen MR) is 89.5 cm³/mol. The molecule has 0 saturated carbocycles. The Labute approximate surface area is 147 Å². The van der Waals surface area contributed by atoms with Gasteiger partial charge in [-0.15, -0.1) is 0 Å². The van der Waals surface area contributed by atoms with E-state index in [0.717, 1.165) is 4.57 Å².